The topological polar surface area (TPSA) is 75.9 Å². The molecule has 0 aliphatic carbocycles. The minimum absolute atomic E-state index is 0.0182. The van der Waals surface area contributed by atoms with Crippen LogP contribution in [-0.4, -0.2) is 60.1 Å². The highest BCUT2D eigenvalue weighted by atomic mass is 16.6. The Kier molecular flexibility index (Phi) is 4.76. The molecule has 0 saturated carbocycles. The van der Waals surface area contributed by atoms with Crippen molar-refractivity contribution in [1.82, 2.24) is 9.80 Å². The summed E-state index contributed by atoms with van der Waals surface area (Å²) in [7, 11) is 0. The summed E-state index contributed by atoms with van der Waals surface area (Å²) in [5.74, 6) is 0.382. The molecule has 0 bridgehead atoms. The molecule has 2 fully saturated rings. The third kappa shape index (κ3) is 4.59. The highest BCUT2D eigenvalue weighted by Gasteiger charge is 2.34. The number of hydrogen-bond donors (Lipinski definition) is 1. The van der Waals surface area contributed by atoms with Crippen LogP contribution < -0.4 is 5.73 Å². The van der Waals surface area contributed by atoms with Gasteiger partial charge in [-0.1, -0.05) is 0 Å². The lowest BCUT2D eigenvalue weighted by atomic mass is 9.97. The Morgan fingerprint density at radius 1 is 1.24 bits per heavy atom. The molecule has 0 spiro atoms. The molecule has 21 heavy (non-hydrogen) atoms. The normalized spacial score (nSPS) is 24.0. The van der Waals surface area contributed by atoms with Crippen LogP contribution in [0.3, 0.4) is 0 Å². The fourth-order valence-electron chi connectivity index (χ4n) is 2.86. The van der Waals surface area contributed by atoms with Gasteiger partial charge in [-0.15, -0.1) is 0 Å². The molecule has 2 heterocycles. The number of rotatable bonds is 4. The van der Waals surface area contributed by atoms with Gasteiger partial charge in [0.25, 0.3) is 0 Å². The number of nitrogens with two attached hydrogens (primary N) is 1. The Bertz CT molecular complexity index is 399. The fourth-order valence-corrected chi connectivity index (χ4v) is 2.86. The van der Waals surface area contributed by atoms with Crippen LogP contribution in [0.15, 0.2) is 0 Å². The van der Waals surface area contributed by atoms with Crippen LogP contribution in [0.5, 0.6) is 0 Å². The van der Waals surface area contributed by atoms with Crippen molar-refractivity contribution >= 4 is 12.0 Å². The second kappa shape index (κ2) is 6.22. The van der Waals surface area contributed by atoms with Gasteiger partial charge in [-0.05, 0) is 52.6 Å². The maximum atomic E-state index is 11.8. The molecule has 2 amide bonds. The first-order chi connectivity index (χ1) is 9.74. The minimum Gasteiger partial charge on any atom is -0.444 e. The number of ether oxygens (including phenoxy) is 1. The van der Waals surface area contributed by atoms with Gasteiger partial charge in [0.1, 0.15) is 5.60 Å². The van der Waals surface area contributed by atoms with Crippen molar-refractivity contribution in [2.24, 2.45) is 17.6 Å². The van der Waals surface area contributed by atoms with Crippen molar-refractivity contribution in [2.45, 2.75) is 39.2 Å². The molecule has 1 unspecified atom stereocenters. The Hall–Kier alpha value is -1.30. The SMILES string of the molecule is CC(C)(C)OC(=O)N1CC(CCN2CCC(C(N)=O)C2)C1. The van der Waals surface area contributed by atoms with E-state index in [9.17, 15) is 9.59 Å². The molecule has 6 heteroatoms. The van der Waals surface area contributed by atoms with E-state index in [1.807, 2.05) is 20.8 Å². The number of carbonyl (C=O) groups is 2. The lowest BCUT2D eigenvalue weighted by Gasteiger charge is -2.40. The second-order valence-electron chi connectivity index (χ2n) is 7.23. The number of amides is 2. The first kappa shape index (κ1) is 16.1. The summed E-state index contributed by atoms with van der Waals surface area (Å²) in [5, 5.41) is 0. The van der Waals surface area contributed by atoms with Gasteiger partial charge in [0.05, 0.1) is 5.92 Å². The maximum Gasteiger partial charge on any atom is 0.410 e. The number of likely N-dealkylation sites (tertiary alicyclic amines) is 2. The van der Waals surface area contributed by atoms with E-state index in [0.29, 0.717) is 5.92 Å². The van der Waals surface area contributed by atoms with Gasteiger partial charge in [-0.2, -0.15) is 0 Å². The van der Waals surface area contributed by atoms with Crippen LogP contribution in [-0.2, 0) is 9.53 Å². The number of nitrogens with zero attached hydrogens (tertiary/aromatic N) is 2. The zero-order valence-corrected chi connectivity index (χ0v) is 13.3. The molecule has 2 saturated heterocycles. The van der Waals surface area contributed by atoms with Crippen molar-refractivity contribution in [3.05, 3.63) is 0 Å². The third-order valence-electron chi connectivity index (χ3n) is 4.14. The first-order valence-electron chi connectivity index (χ1n) is 7.74. The average molecular weight is 297 g/mol. The van der Waals surface area contributed by atoms with E-state index in [1.54, 1.807) is 4.90 Å². The minimum atomic E-state index is -0.429. The van der Waals surface area contributed by atoms with Gasteiger partial charge < -0.3 is 20.3 Å². The van der Waals surface area contributed by atoms with Gasteiger partial charge in [-0.3, -0.25) is 4.79 Å². The van der Waals surface area contributed by atoms with E-state index < -0.39 is 5.60 Å². The lowest BCUT2D eigenvalue weighted by Crippen LogP contribution is -2.52. The summed E-state index contributed by atoms with van der Waals surface area (Å²) < 4.78 is 5.33. The molecule has 0 radical (unpaired) electrons. The molecule has 1 atom stereocenters. The highest BCUT2D eigenvalue weighted by Crippen LogP contribution is 2.24. The van der Waals surface area contributed by atoms with Crippen molar-refractivity contribution in [2.75, 3.05) is 32.7 Å². The average Bonchev–Trinajstić information content (AvgIpc) is 2.73. The van der Waals surface area contributed by atoms with Gasteiger partial charge >= 0.3 is 6.09 Å². The summed E-state index contributed by atoms with van der Waals surface area (Å²) in [5.41, 5.74) is 4.90. The first-order valence-corrected chi connectivity index (χ1v) is 7.74. The summed E-state index contributed by atoms with van der Waals surface area (Å²) in [6, 6.07) is 0. The highest BCUT2D eigenvalue weighted by molar-refractivity contribution is 5.77. The summed E-state index contributed by atoms with van der Waals surface area (Å²) in [6.07, 6.45) is 1.73. The van der Waals surface area contributed by atoms with Crippen LogP contribution in [0.2, 0.25) is 0 Å². The van der Waals surface area contributed by atoms with E-state index in [4.69, 9.17) is 10.5 Å². The van der Waals surface area contributed by atoms with E-state index >= 15 is 0 Å². The van der Waals surface area contributed by atoms with Gasteiger partial charge in [0.15, 0.2) is 0 Å². The molecule has 0 aromatic rings. The van der Waals surface area contributed by atoms with Crippen LogP contribution in [0, 0.1) is 11.8 Å². The zero-order valence-electron chi connectivity index (χ0n) is 13.3. The predicted octanol–water partition coefficient (Wildman–Crippen LogP) is 1.05. The molecular weight excluding hydrogens is 270 g/mol. The van der Waals surface area contributed by atoms with Crippen LogP contribution in [0.4, 0.5) is 4.79 Å². The molecule has 0 aromatic heterocycles. The predicted molar refractivity (Wildman–Crippen MR) is 79.7 cm³/mol. The van der Waals surface area contributed by atoms with E-state index in [-0.39, 0.29) is 17.9 Å². The van der Waals surface area contributed by atoms with Gasteiger partial charge in [0, 0.05) is 19.6 Å². The standard InChI is InChI=1S/C15H27N3O3/c1-15(2,3)21-14(20)18-8-11(9-18)4-6-17-7-5-12(10-17)13(16)19/h11-12H,4-10H2,1-3H3,(H2,16,19). The molecular formula is C15H27N3O3. The summed E-state index contributed by atoms with van der Waals surface area (Å²) in [6.45, 7) is 9.93. The molecule has 2 rings (SSSR count). The van der Waals surface area contributed by atoms with Gasteiger partial charge in [-0.25, -0.2) is 4.79 Å². The Labute approximate surface area is 126 Å². The molecule has 2 aliphatic rings. The molecule has 6 nitrogen and oxygen atoms in total. The summed E-state index contributed by atoms with van der Waals surface area (Å²) in [4.78, 5) is 27.0. The van der Waals surface area contributed by atoms with Gasteiger partial charge in [0.2, 0.25) is 5.91 Å². The van der Waals surface area contributed by atoms with Crippen molar-refractivity contribution in [1.29, 1.82) is 0 Å². The van der Waals surface area contributed by atoms with Crippen molar-refractivity contribution < 1.29 is 14.3 Å². The lowest BCUT2D eigenvalue weighted by molar-refractivity contribution is -0.121. The molecule has 0 aromatic carbocycles. The molecule has 2 aliphatic heterocycles. The third-order valence-corrected chi connectivity index (χ3v) is 4.14. The van der Waals surface area contributed by atoms with Crippen LogP contribution in [0.25, 0.3) is 0 Å². The number of hydrogen-bond acceptors (Lipinski definition) is 4. The fraction of sp³-hybridized carbons (Fsp3) is 0.867. The Morgan fingerprint density at radius 3 is 2.43 bits per heavy atom. The Balaban J connectivity index is 1.61. The molecule has 120 valence electrons. The van der Waals surface area contributed by atoms with Crippen LogP contribution in [0.1, 0.15) is 33.6 Å². The summed E-state index contributed by atoms with van der Waals surface area (Å²) >= 11 is 0. The molecule has 2 N–H and O–H groups in total. The number of primary amides is 1. The Morgan fingerprint density at radius 2 is 1.90 bits per heavy atom. The number of carbonyl (C=O) groups excluding carboxylic acids is 2. The quantitative estimate of drug-likeness (QED) is 0.841. The van der Waals surface area contributed by atoms with Crippen molar-refractivity contribution in [3.63, 3.8) is 0 Å². The maximum absolute atomic E-state index is 11.8. The van der Waals surface area contributed by atoms with E-state index in [2.05, 4.69) is 4.90 Å². The van der Waals surface area contributed by atoms with Crippen molar-refractivity contribution in [3.8, 4) is 0 Å². The largest absolute Gasteiger partial charge is 0.444 e. The van der Waals surface area contributed by atoms with E-state index in [0.717, 1.165) is 45.6 Å². The zero-order chi connectivity index (χ0) is 15.6. The smallest absolute Gasteiger partial charge is 0.410 e. The second-order valence-corrected chi connectivity index (χ2v) is 7.23. The van der Waals surface area contributed by atoms with Crippen LogP contribution >= 0.6 is 0 Å². The monoisotopic (exact) mass is 297 g/mol. The van der Waals surface area contributed by atoms with E-state index in [1.165, 1.54) is 0 Å².